The number of hydrogen-bond acceptors (Lipinski definition) is 3. The van der Waals surface area contributed by atoms with Crippen molar-refractivity contribution in [1.29, 1.82) is 5.41 Å². The zero-order valence-corrected chi connectivity index (χ0v) is 12.8. The van der Waals surface area contributed by atoms with Gasteiger partial charge in [-0.25, -0.2) is 0 Å². The number of nitrogen functional groups attached to an aromatic ring is 1. The predicted octanol–water partition coefficient (Wildman–Crippen LogP) is 4.74. The van der Waals surface area contributed by atoms with Gasteiger partial charge in [0, 0.05) is 28.8 Å². The number of hydrogen-bond donors (Lipinski definition) is 3. The molecule has 0 amide bonds. The second-order valence-corrected chi connectivity index (χ2v) is 4.20. The first-order valence-electron chi connectivity index (χ1n) is 6.71. The lowest BCUT2D eigenvalue weighted by atomic mass is 10.1. The van der Waals surface area contributed by atoms with E-state index in [1.54, 1.807) is 12.1 Å². The van der Waals surface area contributed by atoms with Gasteiger partial charge in [0.1, 0.15) is 0 Å². The Bertz CT molecular complexity index is 507. The van der Waals surface area contributed by atoms with Gasteiger partial charge in [-0.1, -0.05) is 32.1 Å². The van der Waals surface area contributed by atoms with Crippen LogP contribution in [0.15, 0.2) is 54.3 Å². The van der Waals surface area contributed by atoms with E-state index in [0.717, 1.165) is 16.9 Å². The summed E-state index contributed by atoms with van der Waals surface area (Å²) in [6.07, 6.45) is 6.91. The van der Waals surface area contributed by atoms with Crippen LogP contribution in [0.5, 0.6) is 0 Å². The van der Waals surface area contributed by atoms with Crippen LogP contribution in [0.3, 0.4) is 0 Å². The van der Waals surface area contributed by atoms with Gasteiger partial charge < -0.3 is 16.5 Å². The van der Waals surface area contributed by atoms with Gasteiger partial charge in [0.05, 0.1) is 0 Å². The van der Waals surface area contributed by atoms with Crippen molar-refractivity contribution in [2.45, 2.75) is 27.7 Å². The summed E-state index contributed by atoms with van der Waals surface area (Å²) in [6, 6.07) is 5.41. The average Bonchev–Trinajstić information content (AvgIpc) is 2.41. The molecule has 0 radical (unpaired) electrons. The van der Waals surface area contributed by atoms with E-state index in [-0.39, 0.29) is 0 Å². The van der Waals surface area contributed by atoms with Crippen LogP contribution in [-0.4, -0.2) is 6.21 Å². The zero-order valence-electron chi connectivity index (χ0n) is 12.8. The van der Waals surface area contributed by atoms with Gasteiger partial charge >= 0.3 is 0 Å². The maximum Gasteiger partial charge on any atom is 0.0493 e. The monoisotopic (exact) mass is 271 g/mol. The molecule has 0 unspecified atom stereocenters. The van der Waals surface area contributed by atoms with E-state index < -0.39 is 0 Å². The number of nitrogens with two attached hydrogens (primary N) is 1. The molecule has 0 aliphatic rings. The number of nitrogens with one attached hydrogen (secondary N) is 2. The van der Waals surface area contributed by atoms with Gasteiger partial charge in [-0.2, -0.15) is 0 Å². The lowest BCUT2D eigenvalue weighted by Gasteiger charge is -2.11. The lowest BCUT2D eigenvalue weighted by molar-refractivity contribution is 1.34. The Kier molecular flexibility index (Phi) is 8.51. The Morgan fingerprint density at radius 2 is 1.95 bits per heavy atom. The molecule has 0 spiro atoms. The fourth-order valence-corrected chi connectivity index (χ4v) is 1.53. The molecule has 0 saturated carbocycles. The zero-order chi connectivity index (χ0) is 15.5. The smallest absolute Gasteiger partial charge is 0.0493 e. The van der Waals surface area contributed by atoms with Crippen LogP contribution in [0, 0.1) is 5.41 Å². The van der Waals surface area contributed by atoms with E-state index in [0.29, 0.717) is 5.69 Å². The maximum atomic E-state index is 7.38. The minimum Gasteiger partial charge on any atom is -0.399 e. The van der Waals surface area contributed by atoms with Crippen LogP contribution in [0.25, 0.3) is 0 Å². The topological polar surface area (TPSA) is 61.9 Å². The highest BCUT2D eigenvalue weighted by atomic mass is 14.9. The van der Waals surface area contributed by atoms with Crippen LogP contribution in [0.2, 0.25) is 0 Å². The van der Waals surface area contributed by atoms with E-state index in [9.17, 15) is 0 Å². The Morgan fingerprint density at radius 3 is 2.45 bits per heavy atom. The molecule has 0 aliphatic heterocycles. The molecule has 0 fully saturated rings. The molecule has 0 atom stereocenters. The lowest BCUT2D eigenvalue weighted by Crippen LogP contribution is -2.01. The first-order chi connectivity index (χ1) is 9.56. The summed E-state index contributed by atoms with van der Waals surface area (Å²) in [4.78, 5) is 0. The molecular formula is C17H25N3. The van der Waals surface area contributed by atoms with Crippen LogP contribution >= 0.6 is 0 Å². The third kappa shape index (κ3) is 6.05. The van der Waals surface area contributed by atoms with Crippen LogP contribution in [0.1, 0.15) is 33.3 Å². The Labute approximate surface area is 122 Å². The molecule has 0 aromatic heterocycles. The molecule has 0 saturated heterocycles. The average molecular weight is 271 g/mol. The fraction of sp³-hybridized carbons (Fsp3) is 0.235. The number of allylic oxidation sites excluding steroid dienone is 4. The summed E-state index contributed by atoms with van der Waals surface area (Å²) in [5.74, 6) is 0. The second kappa shape index (κ2) is 9.62. The van der Waals surface area contributed by atoms with Crippen molar-refractivity contribution in [3.05, 3.63) is 59.8 Å². The van der Waals surface area contributed by atoms with Crippen molar-refractivity contribution < 1.29 is 0 Å². The van der Waals surface area contributed by atoms with Crippen molar-refractivity contribution in [3.8, 4) is 0 Å². The summed E-state index contributed by atoms with van der Waals surface area (Å²) in [7, 11) is 0. The summed E-state index contributed by atoms with van der Waals surface area (Å²) >= 11 is 0. The summed E-state index contributed by atoms with van der Waals surface area (Å²) < 4.78 is 0. The largest absolute Gasteiger partial charge is 0.399 e. The molecule has 0 heterocycles. The van der Waals surface area contributed by atoms with Crippen molar-refractivity contribution in [2.75, 3.05) is 11.1 Å². The van der Waals surface area contributed by atoms with Gasteiger partial charge in [0.15, 0.2) is 0 Å². The molecule has 1 aromatic carbocycles. The molecule has 3 nitrogen and oxygen atoms in total. The van der Waals surface area contributed by atoms with Gasteiger partial charge in [-0.3, -0.25) is 0 Å². The van der Waals surface area contributed by atoms with E-state index in [2.05, 4.69) is 11.9 Å². The predicted molar refractivity (Wildman–Crippen MR) is 91.4 cm³/mol. The van der Waals surface area contributed by atoms with Gasteiger partial charge in [0.25, 0.3) is 0 Å². The molecule has 1 rings (SSSR count). The van der Waals surface area contributed by atoms with Crippen LogP contribution < -0.4 is 11.1 Å². The minimum atomic E-state index is 0.665. The van der Waals surface area contributed by atoms with E-state index in [1.807, 2.05) is 52.0 Å². The highest BCUT2D eigenvalue weighted by Gasteiger charge is 2.02. The standard InChI is InChI=1S/C15H19N3.C2H6/c1-4-5-14(8-11(2)3)18-15-9-13(17)7-6-12(15)10-16;1-2/h4-10,16,18H,1,17H2,2-3H3;1-2H3/b14-5+,16-10?;. The third-order valence-corrected chi connectivity index (χ3v) is 2.25. The molecule has 20 heavy (non-hydrogen) atoms. The van der Waals surface area contributed by atoms with Gasteiger partial charge in [0.2, 0.25) is 0 Å². The molecule has 4 N–H and O–H groups in total. The molecule has 0 bridgehead atoms. The van der Waals surface area contributed by atoms with Crippen molar-refractivity contribution in [1.82, 2.24) is 0 Å². The van der Waals surface area contributed by atoms with Crippen molar-refractivity contribution >= 4 is 17.6 Å². The molecule has 3 heteroatoms. The maximum absolute atomic E-state index is 7.38. The highest BCUT2D eigenvalue weighted by molar-refractivity contribution is 5.87. The molecule has 1 aromatic rings. The molecular weight excluding hydrogens is 246 g/mol. The second-order valence-electron chi connectivity index (χ2n) is 4.20. The first-order valence-corrected chi connectivity index (χ1v) is 6.71. The van der Waals surface area contributed by atoms with Crippen LogP contribution in [0.4, 0.5) is 11.4 Å². The summed E-state index contributed by atoms with van der Waals surface area (Å²) in [5.41, 5.74) is 10.1. The molecule has 0 aliphatic carbocycles. The number of rotatable bonds is 5. The van der Waals surface area contributed by atoms with Crippen molar-refractivity contribution in [3.63, 3.8) is 0 Å². The van der Waals surface area contributed by atoms with E-state index in [4.69, 9.17) is 11.1 Å². The minimum absolute atomic E-state index is 0.665. The van der Waals surface area contributed by atoms with E-state index >= 15 is 0 Å². The Balaban J connectivity index is 0.00000172. The first kappa shape index (κ1) is 17.7. The van der Waals surface area contributed by atoms with Gasteiger partial charge in [-0.05, 0) is 44.2 Å². The van der Waals surface area contributed by atoms with Crippen molar-refractivity contribution in [2.24, 2.45) is 0 Å². The summed E-state index contributed by atoms with van der Waals surface area (Å²) in [5, 5.41) is 10.6. The SMILES string of the molecule is C=C/C=C(\C=C(C)C)Nc1cc(N)ccc1C=N.CC. The third-order valence-electron chi connectivity index (χ3n) is 2.25. The highest BCUT2D eigenvalue weighted by Crippen LogP contribution is 2.20. The number of anilines is 2. The van der Waals surface area contributed by atoms with E-state index in [1.165, 1.54) is 11.8 Å². The van der Waals surface area contributed by atoms with Crippen LogP contribution in [-0.2, 0) is 0 Å². The molecule has 108 valence electrons. The quantitative estimate of drug-likeness (QED) is 0.411. The normalized spacial score (nSPS) is 9.90. The Hall–Kier alpha value is -2.29. The Morgan fingerprint density at radius 1 is 1.30 bits per heavy atom. The fourth-order valence-electron chi connectivity index (χ4n) is 1.53. The summed E-state index contributed by atoms with van der Waals surface area (Å²) in [6.45, 7) is 11.7. The van der Waals surface area contributed by atoms with Gasteiger partial charge in [-0.15, -0.1) is 0 Å². The number of benzene rings is 1.